The van der Waals surface area contributed by atoms with Crippen LogP contribution in [0, 0.1) is 0 Å². The first kappa shape index (κ1) is 27.9. The van der Waals surface area contributed by atoms with Crippen molar-refractivity contribution in [2.24, 2.45) is 0 Å². The zero-order valence-electron chi connectivity index (χ0n) is 22.2. The van der Waals surface area contributed by atoms with Crippen molar-refractivity contribution in [1.82, 2.24) is 14.5 Å². The minimum absolute atomic E-state index is 0.00999. The predicted octanol–water partition coefficient (Wildman–Crippen LogP) is 5.06. The number of halogens is 1. The number of rotatable bonds is 11. The molecule has 0 bridgehead atoms. The fourth-order valence-corrected chi connectivity index (χ4v) is 5.12. The molecule has 2 amide bonds. The number of urea groups is 1. The Hall–Kier alpha value is -3.70. The van der Waals surface area contributed by atoms with Gasteiger partial charge in [-0.15, -0.1) is 0 Å². The first-order chi connectivity index (χ1) is 19.6. The number of carbonyl (C=O) groups is 1. The summed E-state index contributed by atoms with van der Waals surface area (Å²) in [7, 11) is 0. The van der Waals surface area contributed by atoms with Crippen molar-refractivity contribution in [2.45, 2.75) is 44.7 Å². The standard InChI is InChI=1S/C29H33ClN6O4/c30-24-18-22(33-28-27-25(31-19-32-28)11-12-36(27)13-15-39-16-14-37)9-10-26(24)40-23-8-4-7-21(17-23)35-29(38)34-20-5-2-1-3-6-20/h4,7-12,17-20,37H,1-3,5-6,13-16H2,(H,31,32,33)(H2,34,35,38)/p+1. The van der Waals surface area contributed by atoms with Crippen LogP contribution in [0.1, 0.15) is 32.1 Å². The Morgan fingerprint density at radius 1 is 1.07 bits per heavy atom. The lowest BCUT2D eigenvalue weighted by Gasteiger charge is -2.18. The molecule has 0 aliphatic heterocycles. The molecule has 0 saturated heterocycles. The van der Waals surface area contributed by atoms with Gasteiger partial charge in [-0.1, -0.05) is 24.1 Å². The molecule has 1 fully saturated rings. The SMILES string of the molecule is O=C(Nc1cccc(Oc2ccc(Nc3ncnc4ccn(CCOCCO)c34)cc2Cl)c1)[NH2+]C1CCCCC1. The number of quaternary nitrogens is 1. The molecule has 1 saturated carbocycles. The molecule has 5 N–H and O–H groups in total. The molecule has 0 radical (unpaired) electrons. The van der Waals surface area contributed by atoms with Crippen molar-refractivity contribution in [3.05, 3.63) is 66.1 Å². The molecule has 11 heteroatoms. The van der Waals surface area contributed by atoms with Gasteiger partial charge in [-0.25, -0.2) is 14.8 Å². The van der Waals surface area contributed by atoms with Crippen molar-refractivity contribution < 1.29 is 24.7 Å². The fraction of sp³-hybridized carbons (Fsp3) is 0.345. The zero-order valence-corrected chi connectivity index (χ0v) is 22.9. The molecule has 1 aliphatic rings. The quantitative estimate of drug-likeness (QED) is 0.187. The van der Waals surface area contributed by atoms with Crippen LogP contribution >= 0.6 is 11.6 Å². The third-order valence-corrected chi connectivity index (χ3v) is 7.12. The van der Waals surface area contributed by atoms with Crippen LogP contribution in [0.4, 0.5) is 22.0 Å². The van der Waals surface area contributed by atoms with Crippen molar-refractivity contribution >= 4 is 45.9 Å². The van der Waals surface area contributed by atoms with Crippen molar-refractivity contribution in [2.75, 3.05) is 30.5 Å². The second-order valence-corrected chi connectivity index (χ2v) is 10.2. The highest BCUT2D eigenvalue weighted by molar-refractivity contribution is 6.32. The molecule has 1 aliphatic carbocycles. The number of benzene rings is 2. The van der Waals surface area contributed by atoms with Crippen LogP contribution in [0.2, 0.25) is 5.02 Å². The molecule has 2 aromatic carbocycles. The molecule has 2 heterocycles. The van der Waals surface area contributed by atoms with Crippen LogP contribution in [0.3, 0.4) is 0 Å². The molecule has 4 aromatic rings. The van der Waals surface area contributed by atoms with E-state index in [4.69, 9.17) is 26.2 Å². The van der Waals surface area contributed by atoms with E-state index in [0.717, 1.165) is 29.6 Å². The summed E-state index contributed by atoms with van der Waals surface area (Å²) in [5.74, 6) is 1.69. The molecule has 210 valence electrons. The molecule has 10 nitrogen and oxygen atoms in total. The van der Waals surface area contributed by atoms with E-state index < -0.39 is 0 Å². The van der Waals surface area contributed by atoms with Crippen molar-refractivity contribution in [1.29, 1.82) is 0 Å². The summed E-state index contributed by atoms with van der Waals surface area (Å²) >= 11 is 6.59. The lowest BCUT2D eigenvalue weighted by molar-refractivity contribution is -0.595. The summed E-state index contributed by atoms with van der Waals surface area (Å²) in [6.07, 6.45) is 9.23. The minimum Gasteiger partial charge on any atom is -0.456 e. The summed E-state index contributed by atoms with van der Waals surface area (Å²) < 4.78 is 13.5. The van der Waals surface area contributed by atoms with Gasteiger partial charge in [-0.05, 0) is 62.1 Å². The van der Waals surface area contributed by atoms with Crippen molar-refractivity contribution in [3.63, 3.8) is 0 Å². The largest absolute Gasteiger partial charge is 0.456 e. The number of nitrogens with zero attached hydrogens (tertiary/aromatic N) is 3. The number of aliphatic hydroxyl groups is 1. The number of ether oxygens (including phenoxy) is 2. The van der Waals surface area contributed by atoms with Crippen LogP contribution in [0.25, 0.3) is 11.0 Å². The number of hydrogen-bond acceptors (Lipinski definition) is 7. The van der Waals surface area contributed by atoms with Gasteiger partial charge in [-0.2, -0.15) is 0 Å². The summed E-state index contributed by atoms with van der Waals surface area (Å²) in [6.45, 7) is 1.34. The number of nitrogens with two attached hydrogens (primary N) is 1. The number of primary amides is 1. The highest BCUT2D eigenvalue weighted by atomic mass is 35.5. The lowest BCUT2D eigenvalue weighted by atomic mass is 9.96. The van der Waals surface area contributed by atoms with E-state index in [2.05, 4.69) is 20.6 Å². The normalized spacial score (nSPS) is 13.8. The number of aliphatic hydroxyl groups excluding tert-OH is 1. The van der Waals surface area contributed by atoms with Gasteiger partial charge in [-0.3, -0.25) is 10.6 Å². The first-order valence-electron chi connectivity index (χ1n) is 13.6. The van der Waals surface area contributed by atoms with Gasteiger partial charge in [0, 0.05) is 30.2 Å². The van der Waals surface area contributed by atoms with Gasteiger partial charge in [0.05, 0.1) is 36.4 Å². The third kappa shape index (κ3) is 7.28. The Morgan fingerprint density at radius 3 is 2.77 bits per heavy atom. The smallest absolute Gasteiger partial charge is 0.417 e. The molecular formula is C29H34ClN6O4+. The van der Waals surface area contributed by atoms with Gasteiger partial charge in [0.1, 0.15) is 23.3 Å². The Labute approximate surface area is 237 Å². The van der Waals surface area contributed by atoms with Crippen LogP contribution in [-0.2, 0) is 11.3 Å². The van der Waals surface area contributed by atoms with Gasteiger partial charge in [0.25, 0.3) is 0 Å². The first-order valence-corrected chi connectivity index (χ1v) is 14.0. The maximum Gasteiger partial charge on any atom is 0.417 e. The fourth-order valence-electron chi connectivity index (χ4n) is 4.90. The van der Waals surface area contributed by atoms with Crippen LogP contribution in [0.5, 0.6) is 11.5 Å². The van der Waals surface area contributed by atoms with Crippen LogP contribution in [-0.4, -0.2) is 51.5 Å². The van der Waals surface area contributed by atoms with Gasteiger partial charge < -0.3 is 24.5 Å². The van der Waals surface area contributed by atoms with Gasteiger partial charge >= 0.3 is 6.03 Å². The third-order valence-electron chi connectivity index (χ3n) is 6.82. The molecule has 0 atom stereocenters. The van der Waals surface area contributed by atoms with E-state index in [1.54, 1.807) is 18.2 Å². The Morgan fingerprint density at radius 2 is 1.95 bits per heavy atom. The van der Waals surface area contributed by atoms with E-state index in [0.29, 0.717) is 53.8 Å². The summed E-state index contributed by atoms with van der Waals surface area (Å²) in [5.41, 5.74) is 3.04. The number of hydrogen-bond donors (Lipinski definition) is 4. The molecule has 5 rings (SSSR count). The lowest BCUT2D eigenvalue weighted by Crippen LogP contribution is -2.94. The Kier molecular flexibility index (Phi) is 9.46. The Bertz CT molecular complexity index is 1440. The van der Waals surface area contributed by atoms with Crippen molar-refractivity contribution in [3.8, 4) is 11.5 Å². The summed E-state index contributed by atoms with van der Waals surface area (Å²) in [5, 5.41) is 17.4. The van der Waals surface area contributed by atoms with Crippen LogP contribution in [0.15, 0.2) is 61.1 Å². The summed E-state index contributed by atoms with van der Waals surface area (Å²) in [6, 6.07) is 14.9. The number of aromatic nitrogens is 3. The molecule has 40 heavy (non-hydrogen) atoms. The highest BCUT2D eigenvalue weighted by Gasteiger charge is 2.20. The number of nitrogens with one attached hydrogen (secondary N) is 2. The second-order valence-electron chi connectivity index (χ2n) is 9.76. The number of fused-ring (bicyclic) bond motifs is 1. The number of carbonyl (C=O) groups excluding carboxylic acids is 1. The maximum absolute atomic E-state index is 12.5. The van der Waals surface area contributed by atoms with Gasteiger partial charge in [0.15, 0.2) is 5.82 Å². The molecule has 2 aromatic heterocycles. The maximum atomic E-state index is 12.5. The molecule has 0 unspecified atom stereocenters. The average molecular weight is 566 g/mol. The van der Waals surface area contributed by atoms with Crippen LogP contribution < -0.4 is 20.7 Å². The second kappa shape index (κ2) is 13.6. The minimum atomic E-state index is -0.0832. The van der Waals surface area contributed by atoms with E-state index in [-0.39, 0.29) is 12.6 Å². The Balaban J connectivity index is 1.23. The average Bonchev–Trinajstić information content (AvgIpc) is 3.37. The summed E-state index contributed by atoms with van der Waals surface area (Å²) in [4.78, 5) is 21.3. The number of anilines is 3. The van der Waals surface area contributed by atoms with E-state index in [1.165, 1.54) is 25.6 Å². The topological polar surface area (TPSA) is 127 Å². The van der Waals surface area contributed by atoms with Gasteiger partial charge in [0.2, 0.25) is 0 Å². The molecule has 0 spiro atoms. The highest BCUT2D eigenvalue weighted by Crippen LogP contribution is 2.34. The van der Waals surface area contributed by atoms with E-state index >= 15 is 0 Å². The van der Waals surface area contributed by atoms with E-state index in [9.17, 15) is 4.79 Å². The van der Waals surface area contributed by atoms with E-state index in [1.807, 2.05) is 46.4 Å². The zero-order chi connectivity index (χ0) is 27.7. The predicted molar refractivity (Wildman–Crippen MR) is 155 cm³/mol. The monoisotopic (exact) mass is 565 g/mol. The molecular weight excluding hydrogens is 532 g/mol. The number of amides is 2.